The Kier molecular flexibility index (Phi) is 6.76. The topological polar surface area (TPSA) is 41.6 Å². The lowest BCUT2D eigenvalue weighted by atomic mass is 9.95. The molecule has 2 heterocycles. The Labute approximate surface area is 166 Å². The summed E-state index contributed by atoms with van der Waals surface area (Å²) in [5, 5.41) is 3.75. The number of amides is 1. The third-order valence-corrected chi connectivity index (χ3v) is 6.75. The minimum atomic E-state index is -0.907. The van der Waals surface area contributed by atoms with Crippen LogP contribution in [0.15, 0.2) is 24.3 Å². The van der Waals surface area contributed by atoms with Crippen LogP contribution in [0.1, 0.15) is 33.1 Å². The molecule has 0 radical (unpaired) electrons. The van der Waals surface area contributed by atoms with Crippen molar-refractivity contribution in [3.63, 3.8) is 0 Å². The van der Waals surface area contributed by atoms with E-state index in [4.69, 9.17) is 16.3 Å². The van der Waals surface area contributed by atoms with Gasteiger partial charge < -0.3 is 10.1 Å². The van der Waals surface area contributed by atoms with E-state index in [0.717, 1.165) is 25.7 Å². The molecule has 6 heteroatoms. The van der Waals surface area contributed by atoms with Crippen molar-refractivity contribution in [3.05, 3.63) is 29.3 Å². The van der Waals surface area contributed by atoms with Gasteiger partial charge in [-0.3, -0.25) is 9.69 Å². The molecule has 2 fully saturated rings. The third-order valence-electron chi connectivity index (χ3n) is 5.36. The van der Waals surface area contributed by atoms with E-state index in [1.165, 1.54) is 30.8 Å². The highest BCUT2D eigenvalue weighted by Crippen LogP contribution is 2.27. The summed E-state index contributed by atoms with van der Waals surface area (Å²) in [4.78, 5) is 15.2. The second-order valence-corrected chi connectivity index (χ2v) is 9.36. The van der Waals surface area contributed by atoms with E-state index in [1.54, 1.807) is 38.1 Å². The van der Waals surface area contributed by atoms with E-state index in [0.29, 0.717) is 16.7 Å². The Balaban J connectivity index is 1.42. The minimum Gasteiger partial charge on any atom is -0.478 e. The van der Waals surface area contributed by atoms with Crippen LogP contribution in [-0.2, 0) is 4.79 Å². The number of hydrogen-bond acceptors (Lipinski definition) is 4. The van der Waals surface area contributed by atoms with Gasteiger partial charge in [0.2, 0.25) is 0 Å². The Bertz CT molecular complexity index is 594. The Morgan fingerprint density at radius 2 is 1.96 bits per heavy atom. The van der Waals surface area contributed by atoms with Gasteiger partial charge in [0.25, 0.3) is 5.91 Å². The highest BCUT2D eigenvalue weighted by molar-refractivity contribution is 7.99. The van der Waals surface area contributed by atoms with E-state index in [-0.39, 0.29) is 5.91 Å². The molecule has 1 aromatic rings. The SMILES string of the molecule is CC(C)(Oc1ccc(Cl)cc1)C(=O)NCC1CCN([C@H]2CCSC2)CC1. The van der Waals surface area contributed by atoms with Gasteiger partial charge in [-0.1, -0.05) is 11.6 Å². The van der Waals surface area contributed by atoms with Crippen molar-refractivity contribution < 1.29 is 9.53 Å². The molecule has 0 saturated carbocycles. The van der Waals surface area contributed by atoms with Gasteiger partial charge in [0.15, 0.2) is 5.60 Å². The highest BCUT2D eigenvalue weighted by atomic mass is 35.5. The summed E-state index contributed by atoms with van der Waals surface area (Å²) < 4.78 is 5.86. The average Bonchev–Trinajstić information content (AvgIpc) is 3.16. The fourth-order valence-electron chi connectivity index (χ4n) is 3.63. The molecule has 2 saturated heterocycles. The summed E-state index contributed by atoms with van der Waals surface area (Å²) in [5.41, 5.74) is -0.907. The van der Waals surface area contributed by atoms with E-state index in [2.05, 4.69) is 22.0 Å². The largest absolute Gasteiger partial charge is 0.478 e. The molecule has 1 aromatic carbocycles. The van der Waals surface area contributed by atoms with Crippen LogP contribution in [0.25, 0.3) is 0 Å². The van der Waals surface area contributed by atoms with Crippen LogP contribution in [0.4, 0.5) is 0 Å². The molecule has 26 heavy (non-hydrogen) atoms. The smallest absolute Gasteiger partial charge is 0.263 e. The zero-order valence-corrected chi connectivity index (χ0v) is 17.2. The summed E-state index contributed by atoms with van der Waals surface area (Å²) >= 11 is 7.97. The predicted octanol–water partition coefficient (Wildman–Crippen LogP) is 3.83. The molecule has 0 spiro atoms. The molecule has 2 aliphatic heterocycles. The molecule has 0 bridgehead atoms. The quantitative estimate of drug-likeness (QED) is 0.793. The van der Waals surface area contributed by atoms with E-state index in [9.17, 15) is 4.79 Å². The maximum absolute atomic E-state index is 12.6. The summed E-state index contributed by atoms with van der Waals surface area (Å²) in [7, 11) is 0. The van der Waals surface area contributed by atoms with Gasteiger partial charge in [0.1, 0.15) is 5.75 Å². The normalized spacial score (nSPS) is 22.3. The van der Waals surface area contributed by atoms with E-state index < -0.39 is 5.60 Å². The van der Waals surface area contributed by atoms with Gasteiger partial charge in [0.05, 0.1) is 0 Å². The van der Waals surface area contributed by atoms with E-state index >= 15 is 0 Å². The van der Waals surface area contributed by atoms with Crippen LogP contribution < -0.4 is 10.1 Å². The molecule has 0 aliphatic carbocycles. The fourth-order valence-corrected chi connectivity index (χ4v) is 5.01. The molecular formula is C20H29ClN2O2S. The van der Waals surface area contributed by atoms with Gasteiger partial charge in [-0.15, -0.1) is 0 Å². The molecule has 2 aliphatic rings. The first-order valence-corrected chi connectivity index (χ1v) is 11.0. The lowest BCUT2D eigenvalue weighted by Gasteiger charge is -2.36. The van der Waals surface area contributed by atoms with Gasteiger partial charge >= 0.3 is 0 Å². The molecule has 3 rings (SSSR count). The van der Waals surface area contributed by atoms with Crippen LogP contribution in [0.2, 0.25) is 5.02 Å². The number of halogens is 1. The minimum absolute atomic E-state index is 0.0675. The van der Waals surface area contributed by atoms with Gasteiger partial charge in [-0.2, -0.15) is 11.8 Å². The fraction of sp³-hybridized carbons (Fsp3) is 0.650. The van der Waals surface area contributed by atoms with Gasteiger partial charge in [-0.05, 0) is 82.1 Å². The van der Waals surface area contributed by atoms with E-state index in [1.807, 2.05) is 0 Å². The maximum atomic E-state index is 12.6. The number of rotatable bonds is 6. The number of piperidine rings is 1. The van der Waals surface area contributed by atoms with Crippen molar-refractivity contribution in [2.75, 3.05) is 31.1 Å². The van der Waals surface area contributed by atoms with Crippen LogP contribution in [-0.4, -0.2) is 53.6 Å². The number of carbonyl (C=O) groups excluding carboxylic acids is 1. The van der Waals surface area contributed by atoms with Crippen molar-refractivity contribution in [2.24, 2.45) is 5.92 Å². The number of thioether (sulfide) groups is 1. The third kappa shape index (κ3) is 5.30. The number of nitrogens with one attached hydrogen (secondary N) is 1. The highest BCUT2D eigenvalue weighted by Gasteiger charge is 2.31. The molecule has 1 atom stereocenters. The first kappa shape index (κ1) is 19.8. The number of carbonyl (C=O) groups is 1. The maximum Gasteiger partial charge on any atom is 0.263 e. The second kappa shape index (κ2) is 8.85. The van der Waals surface area contributed by atoms with Crippen LogP contribution in [0, 0.1) is 5.92 Å². The molecule has 0 aromatic heterocycles. The lowest BCUT2D eigenvalue weighted by Crippen LogP contribution is -2.49. The summed E-state index contributed by atoms with van der Waals surface area (Å²) in [6.45, 7) is 6.67. The molecule has 144 valence electrons. The van der Waals surface area contributed by atoms with Crippen LogP contribution >= 0.6 is 23.4 Å². The van der Waals surface area contributed by atoms with Crippen LogP contribution in [0.3, 0.4) is 0 Å². The Hall–Kier alpha value is -0.910. The summed E-state index contributed by atoms with van der Waals surface area (Å²) in [5.74, 6) is 3.75. The molecular weight excluding hydrogens is 368 g/mol. The first-order chi connectivity index (χ1) is 12.4. The number of hydrogen-bond donors (Lipinski definition) is 1. The number of likely N-dealkylation sites (tertiary alicyclic amines) is 1. The first-order valence-electron chi connectivity index (χ1n) is 9.49. The monoisotopic (exact) mass is 396 g/mol. The molecule has 4 nitrogen and oxygen atoms in total. The standard InChI is InChI=1S/C20H29ClN2O2S/c1-20(2,25-18-5-3-16(21)4-6-18)19(24)22-13-15-7-10-23(11-8-15)17-9-12-26-14-17/h3-6,15,17H,7-14H2,1-2H3,(H,22,24)/t17-/m0/s1. The second-order valence-electron chi connectivity index (χ2n) is 7.77. The van der Waals surface area contributed by atoms with Crippen molar-refractivity contribution in [2.45, 2.75) is 44.8 Å². The molecule has 0 unspecified atom stereocenters. The van der Waals surface area contributed by atoms with Crippen LogP contribution in [0.5, 0.6) is 5.75 Å². The van der Waals surface area contributed by atoms with Crippen molar-refractivity contribution in [1.29, 1.82) is 0 Å². The molecule has 1 amide bonds. The summed E-state index contributed by atoms with van der Waals surface area (Å²) in [6, 6.07) is 7.88. The number of ether oxygens (including phenoxy) is 1. The Morgan fingerprint density at radius 1 is 1.27 bits per heavy atom. The van der Waals surface area contributed by atoms with Crippen molar-refractivity contribution in [1.82, 2.24) is 10.2 Å². The average molecular weight is 397 g/mol. The number of nitrogens with zero attached hydrogens (tertiary/aromatic N) is 1. The predicted molar refractivity (Wildman–Crippen MR) is 109 cm³/mol. The zero-order valence-electron chi connectivity index (χ0n) is 15.7. The Morgan fingerprint density at radius 3 is 2.58 bits per heavy atom. The summed E-state index contributed by atoms with van der Waals surface area (Å²) in [6.07, 6.45) is 3.67. The lowest BCUT2D eigenvalue weighted by molar-refractivity contribution is -0.134. The van der Waals surface area contributed by atoms with Gasteiger partial charge in [0, 0.05) is 23.4 Å². The zero-order chi connectivity index (χ0) is 18.6. The number of benzene rings is 1. The van der Waals surface area contributed by atoms with Crippen molar-refractivity contribution in [3.8, 4) is 5.75 Å². The van der Waals surface area contributed by atoms with Gasteiger partial charge in [-0.25, -0.2) is 0 Å². The van der Waals surface area contributed by atoms with Crippen molar-refractivity contribution >= 4 is 29.3 Å². The molecule has 1 N–H and O–H groups in total.